The Morgan fingerprint density at radius 1 is 0.282 bits per heavy atom. The number of ether oxygens (including phenoxy) is 12. The smallest absolute Gasteiger partial charge is 0.335 e. The van der Waals surface area contributed by atoms with E-state index in [1.54, 1.807) is 0 Å². The second kappa shape index (κ2) is 34.1. The predicted molar refractivity (Wildman–Crippen MR) is 446 cm³/mol. The first kappa shape index (κ1) is 97.8. The molecule has 8 fully saturated rings. The van der Waals surface area contributed by atoms with E-state index in [0.717, 1.165) is 0 Å². The van der Waals surface area contributed by atoms with Crippen molar-refractivity contribution in [1.82, 2.24) is 29.4 Å². The van der Waals surface area contributed by atoms with Crippen molar-refractivity contribution in [1.29, 1.82) is 0 Å². The van der Waals surface area contributed by atoms with E-state index in [4.69, 9.17) is 56.8 Å². The molecular formula is C91H158N6O20. The van der Waals surface area contributed by atoms with Crippen LogP contribution in [0.3, 0.4) is 0 Å². The number of hydrogen-bond donors (Lipinski definition) is 0. The second-order valence-corrected chi connectivity index (χ2v) is 45.9. The zero-order valence-corrected chi connectivity index (χ0v) is 78.9. The molecule has 1 spiro atoms. The number of rotatable bonds is 26. The minimum atomic E-state index is -2.60. The maximum Gasteiger partial charge on any atom is 0.335 e. The van der Waals surface area contributed by atoms with Crippen LogP contribution < -0.4 is 0 Å². The van der Waals surface area contributed by atoms with Gasteiger partial charge < -0.3 is 56.8 Å². The van der Waals surface area contributed by atoms with Gasteiger partial charge in [0.05, 0.1) is 31.8 Å². The standard InChI is InChI=1S/C91H158N6O20/c1-75(2,53-106-65(98)37-35-39-90(67(100)112-59-41-77(5,6)92(29)78(7,8)42-59,68(101)113-60-43-79(9,10)93(30)80(11,12)44-60)69(102)114-61-45-81(13,14)94(31)82(15,16)46-61)73-108-55-89(56-109-73)57-110-74(111-58-89)76(3,4)54-107-66(99)38-36-40-91(70(103)115-62-47-83(17,18)95(32)84(19,20)48-62,71(104)116-63-49-85(21,22)96(33)86(23,24)50-63)72(105)117-64-51-87(25,26)97(34)88(27,28)52-64/h59-64,73-74H,35-58H2,1-34H3. The van der Waals surface area contributed by atoms with E-state index in [0.29, 0.717) is 77.0 Å². The number of esters is 8. The summed E-state index contributed by atoms with van der Waals surface area (Å²) in [7, 11) is 12.2. The topological polar surface area (TPSA) is 267 Å². The number of hydrogen-bond acceptors (Lipinski definition) is 26. The van der Waals surface area contributed by atoms with E-state index in [1.807, 2.05) is 70.0 Å². The molecule has 0 aromatic carbocycles. The SMILES string of the molecule is CN1C(C)(C)CC(OC(=O)C(CCCC(=O)OCC(C)(C)C2OCC3(CO2)COC(C(C)(C)COC(=O)CCCC(C(=O)OC2CC(C)(C)N(C)C(C)(C)C2)(C(=O)OC2CC(C)(C)N(C)C(C)(C)C2)C(=O)OC2CC(C)(C)N(C)C(C)(C)C2)OC3)(C(=O)OC2CC(C)(C)N(C)C(C)(C)C2)C(=O)OC2CC(C)(C)N(C)C(C)(C)C2)CC1(C)C. The first-order chi connectivity index (χ1) is 53.0. The molecule has 672 valence electrons. The average molecular weight is 1660 g/mol. The molecule has 0 aromatic rings. The quantitative estimate of drug-likeness (QED) is 0.0442. The zero-order chi connectivity index (χ0) is 88.7. The molecule has 0 amide bonds. The summed E-state index contributed by atoms with van der Waals surface area (Å²) >= 11 is 0. The Morgan fingerprint density at radius 2 is 0.436 bits per heavy atom. The van der Waals surface area contributed by atoms with Gasteiger partial charge in [0.25, 0.3) is 10.8 Å². The molecule has 26 nitrogen and oxygen atoms in total. The van der Waals surface area contributed by atoms with E-state index < -0.39 is 203 Å². The van der Waals surface area contributed by atoms with Crippen molar-refractivity contribution in [2.24, 2.45) is 27.1 Å². The molecule has 0 aliphatic carbocycles. The third-order valence-electron chi connectivity index (χ3n) is 29.9. The van der Waals surface area contributed by atoms with Crippen molar-refractivity contribution >= 4 is 47.8 Å². The first-order valence-electron chi connectivity index (χ1n) is 43.5. The van der Waals surface area contributed by atoms with Gasteiger partial charge in [0.1, 0.15) is 49.8 Å². The summed E-state index contributed by atoms with van der Waals surface area (Å²) in [4.78, 5) is 135. The Labute approximate surface area is 703 Å². The van der Waals surface area contributed by atoms with Crippen LogP contribution in [-0.2, 0) is 95.2 Å². The van der Waals surface area contributed by atoms with E-state index in [9.17, 15) is 9.59 Å². The van der Waals surface area contributed by atoms with E-state index in [1.165, 1.54) is 0 Å². The molecule has 8 heterocycles. The van der Waals surface area contributed by atoms with Gasteiger partial charge >= 0.3 is 47.8 Å². The molecule has 0 radical (unpaired) electrons. The molecular weight excluding hydrogens is 1500 g/mol. The van der Waals surface area contributed by atoms with Crippen LogP contribution in [0.15, 0.2) is 0 Å². The maximum absolute atomic E-state index is 15.6. The molecule has 0 bridgehead atoms. The molecule has 0 N–H and O–H groups in total. The van der Waals surface area contributed by atoms with E-state index >= 15 is 28.8 Å². The molecule has 0 saturated carbocycles. The Hall–Kier alpha value is -4.64. The van der Waals surface area contributed by atoms with Crippen molar-refractivity contribution < 1.29 is 95.2 Å². The lowest BCUT2D eigenvalue weighted by molar-refractivity contribution is -0.337. The van der Waals surface area contributed by atoms with Gasteiger partial charge in [-0.05, 0) is 234 Å². The average Bonchev–Trinajstić information content (AvgIpc) is 0.763. The maximum atomic E-state index is 15.6. The monoisotopic (exact) mass is 1660 g/mol. The van der Waals surface area contributed by atoms with Crippen molar-refractivity contribution in [2.45, 2.75) is 425 Å². The first-order valence-corrected chi connectivity index (χ1v) is 43.5. The van der Waals surface area contributed by atoms with Gasteiger partial charge in [-0.1, -0.05) is 27.7 Å². The Kier molecular flexibility index (Phi) is 28.5. The normalized spacial score (nSPS) is 28.2. The molecule has 0 unspecified atom stereocenters. The lowest BCUT2D eigenvalue weighted by atomic mass is 9.77. The Bertz CT molecular complexity index is 2960. The highest BCUT2D eigenvalue weighted by atomic mass is 16.7. The lowest BCUT2D eigenvalue weighted by Crippen LogP contribution is -2.63. The number of carbonyl (C=O) groups excluding carboxylic acids is 8. The zero-order valence-electron chi connectivity index (χ0n) is 78.9. The van der Waals surface area contributed by atoms with Crippen LogP contribution in [0.5, 0.6) is 0 Å². The van der Waals surface area contributed by atoms with Gasteiger partial charge in [-0.15, -0.1) is 0 Å². The van der Waals surface area contributed by atoms with Crippen LogP contribution >= 0.6 is 0 Å². The minimum Gasteiger partial charge on any atom is -0.465 e. The Balaban J connectivity index is 0.912. The van der Waals surface area contributed by atoms with Crippen molar-refractivity contribution in [3.63, 3.8) is 0 Å². The van der Waals surface area contributed by atoms with Crippen molar-refractivity contribution in [3.05, 3.63) is 0 Å². The van der Waals surface area contributed by atoms with Gasteiger partial charge in [-0.25, -0.2) is 0 Å². The summed E-state index contributed by atoms with van der Waals surface area (Å²) in [5.74, 6) is -7.59. The van der Waals surface area contributed by atoms with E-state index in [-0.39, 0.29) is 65.3 Å². The van der Waals surface area contributed by atoms with Gasteiger partial charge in [-0.3, -0.25) is 67.8 Å². The van der Waals surface area contributed by atoms with Gasteiger partial charge in [-0.2, -0.15) is 0 Å². The third kappa shape index (κ3) is 21.4. The summed E-state index contributed by atoms with van der Waals surface area (Å²) in [5.41, 5.74) is -12.8. The molecule has 8 saturated heterocycles. The molecule has 0 atom stereocenters. The fraction of sp³-hybridized carbons (Fsp3) is 0.912. The predicted octanol–water partition coefficient (Wildman–Crippen LogP) is 13.3. The fourth-order valence-electron chi connectivity index (χ4n) is 20.9. The molecule has 8 aliphatic heterocycles. The molecule has 26 heteroatoms. The highest BCUT2D eigenvalue weighted by Gasteiger charge is 2.64. The van der Waals surface area contributed by atoms with Gasteiger partial charge in [0.15, 0.2) is 12.6 Å². The summed E-state index contributed by atoms with van der Waals surface area (Å²) in [5, 5.41) is 0. The van der Waals surface area contributed by atoms with Crippen LogP contribution in [0.25, 0.3) is 0 Å². The van der Waals surface area contributed by atoms with Crippen LogP contribution in [0.1, 0.15) is 309 Å². The van der Waals surface area contributed by atoms with Gasteiger partial charge in [0, 0.05) is 167 Å². The second-order valence-electron chi connectivity index (χ2n) is 45.9. The molecule has 8 aliphatic rings. The molecule has 8 rings (SSSR count). The molecule has 117 heavy (non-hydrogen) atoms. The summed E-state index contributed by atoms with van der Waals surface area (Å²) in [6.07, 6.45) is -2.27. The highest BCUT2D eigenvalue weighted by Crippen LogP contribution is 2.50. The van der Waals surface area contributed by atoms with Crippen LogP contribution in [0.4, 0.5) is 0 Å². The van der Waals surface area contributed by atoms with Crippen LogP contribution in [-0.4, -0.2) is 275 Å². The van der Waals surface area contributed by atoms with Crippen LogP contribution in [0.2, 0.25) is 0 Å². The lowest BCUT2D eigenvalue weighted by Gasteiger charge is -2.54. The minimum absolute atomic E-state index is 0.137. The van der Waals surface area contributed by atoms with Gasteiger partial charge in [0.2, 0.25) is 0 Å². The van der Waals surface area contributed by atoms with Crippen molar-refractivity contribution in [3.8, 4) is 0 Å². The number of piperidine rings is 6. The highest BCUT2D eigenvalue weighted by molar-refractivity contribution is 6.19. The summed E-state index contributed by atoms with van der Waals surface area (Å²) in [6.45, 7) is 57.7. The third-order valence-corrected chi connectivity index (χ3v) is 29.9. The number of likely N-dealkylation sites (tertiary alicyclic amines) is 6. The Morgan fingerprint density at radius 3 is 0.590 bits per heavy atom. The number of carbonyl (C=O) groups is 8. The fourth-order valence-corrected chi connectivity index (χ4v) is 20.9. The van der Waals surface area contributed by atoms with Crippen LogP contribution in [0, 0.1) is 27.1 Å². The van der Waals surface area contributed by atoms with E-state index in [2.05, 4.69) is 196 Å². The summed E-state index contributed by atoms with van der Waals surface area (Å²) < 4.78 is 76.8. The summed E-state index contributed by atoms with van der Waals surface area (Å²) in [6, 6.07) is 0. The largest absolute Gasteiger partial charge is 0.465 e. The number of nitrogens with zero attached hydrogens (tertiary/aromatic N) is 6. The van der Waals surface area contributed by atoms with Crippen molar-refractivity contribution in [2.75, 3.05) is 81.9 Å². The molecule has 0 aromatic heterocycles.